The molecular formula is C20H19N3O6S3. The highest BCUT2D eigenvalue weighted by atomic mass is 32.3. The Labute approximate surface area is 189 Å². The minimum atomic E-state index is -4.56. The van der Waals surface area contributed by atoms with E-state index in [0.717, 1.165) is 16.9 Å². The molecule has 1 aliphatic rings. The van der Waals surface area contributed by atoms with Crippen molar-refractivity contribution in [2.45, 2.75) is 29.2 Å². The standard InChI is InChI=1S/C20H19N3O6S3/c1-14-2-6-16(7-3-14)31(26,27)23(20-21-11-13-30-20)32(28,29)17-8-4-15(5-9-17)22-12-10-18(24)19(22)25/h2-9,11,13,18,24H,10,12H2,1H3/t18-/m1/s1. The van der Waals surface area contributed by atoms with E-state index in [-0.39, 0.29) is 21.3 Å². The Balaban J connectivity index is 1.76. The minimum Gasteiger partial charge on any atom is -0.383 e. The maximum atomic E-state index is 13.5. The van der Waals surface area contributed by atoms with Gasteiger partial charge in [0.2, 0.25) is 5.13 Å². The van der Waals surface area contributed by atoms with E-state index in [2.05, 4.69) is 4.98 Å². The van der Waals surface area contributed by atoms with Crippen molar-refractivity contribution in [2.75, 3.05) is 15.2 Å². The summed E-state index contributed by atoms with van der Waals surface area (Å²) in [5.74, 6) is -0.466. The van der Waals surface area contributed by atoms with E-state index in [9.17, 15) is 26.7 Å². The SMILES string of the molecule is Cc1ccc(S(=O)(=O)N(c2nccs2)S(=O)(=O)c2ccc(N3CC[C@@H](O)C3=O)cc2)cc1. The van der Waals surface area contributed by atoms with E-state index in [1.807, 2.05) is 0 Å². The third-order valence-electron chi connectivity index (χ3n) is 4.95. The van der Waals surface area contributed by atoms with Gasteiger partial charge in [-0.05, 0) is 43.3 Å². The van der Waals surface area contributed by atoms with E-state index in [1.54, 1.807) is 19.1 Å². The predicted octanol–water partition coefficient (Wildman–Crippen LogP) is 2.13. The summed E-state index contributed by atoms with van der Waals surface area (Å²) in [5, 5.41) is 10.9. The first-order valence-corrected chi connectivity index (χ1v) is 13.2. The van der Waals surface area contributed by atoms with Crippen LogP contribution >= 0.6 is 11.3 Å². The lowest BCUT2D eigenvalue weighted by atomic mass is 10.2. The molecule has 1 atom stereocenters. The Morgan fingerprint density at radius 3 is 2.03 bits per heavy atom. The Hall–Kier alpha value is -2.80. The zero-order chi connectivity index (χ0) is 23.1. The van der Waals surface area contributed by atoms with Crippen molar-refractivity contribution in [3.63, 3.8) is 0 Å². The van der Waals surface area contributed by atoms with Crippen LogP contribution in [0.4, 0.5) is 10.8 Å². The van der Waals surface area contributed by atoms with Gasteiger partial charge in [-0.2, -0.15) is 16.8 Å². The zero-order valence-electron chi connectivity index (χ0n) is 16.8. The number of aliphatic hydroxyl groups is 1. The number of aromatic nitrogens is 1. The molecule has 0 aliphatic carbocycles. The molecule has 12 heteroatoms. The van der Waals surface area contributed by atoms with Crippen molar-refractivity contribution in [1.29, 1.82) is 0 Å². The molecule has 0 bridgehead atoms. The van der Waals surface area contributed by atoms with Gasteiger partial charge in [0.05, 0.1) is 9.79 Å². The molecule has 0 radical (unpaired) electrons. The zero-order valence-corrected chi connectivity index (χ0v) is 19.3. The van der Waals surface area contributed by atoms with Gasteiger partial charge in [0.1, 0.15) is 6.10 Å². The number of aliphatic hydroxyl groups excluding tert-OH is 1. The Morgan fingerprint density at radius 2 is 1.56 bits per heavy atom. The Bertz CT molecular complexity index is 1340. The van der Waals surface area contributed by atoms with Gasteiger partial charge in [-0.1, -0.05) is 17.7 Å². The average molecular weight is 494 g/mol. The number of amides is 1. The van der Waals surface area contributed by atoms with Gasteiger partial charge in [0.15, 0.2) is 0 Å². The van der Waals surface area contributed by atoms with E-state index in [1.165, 1.54) is 52.9 Å². The third-order valence-corrected chi connectivity index (χ3v) is 10.1. The van der Waals surface area contributed by atoms with Crippen LogP contribution in [0.5, 0.6) is 0 Å². The highest BCUT2D eigenvalue weighted by molar-refractivity contribution is 8.10. The number of rotatable bonds is 6. The molecule has 2 heterocycles. The largest absolute Gasteiger partial charge is 0.383 e. The van der Waals surface area contributed by atoms with Gasteiger partial charge in [0, 0.05) is 30.2 Å². The molecule has 1 aliphatic heterocycles. The molecule has 1 amide bonds. The summed E-state index contributed by atoms with van der Waals surface area (Å²) >= 11 is 0.877. The van der Waals surface area contributed by atoms with Crippen molar-refractivity contribution in [2.24, 2.45) is 0 Å². The van der Waals surface area contributed by atoms with Crippen molar-refractivity contribution < 1.29 is 26.7 Å². The lowest BCUT2D eigenvalue weighted by Crippen LogP contribution is -2.37. The summed E-state index contributed by atoms with van der Waals surface area (Å²) in [4.78, 5) is 16.8. The second kappa shape index (κ2) is 8.28. The molecule has 2 aromatic carbocycles. The summed E-state index contributed by atoms with van der Waals surface area (Å²) in [6.07, 6.45) is 0.518. The second-order valence-electron chi connectivity index (χ2n) is 7.12. The first kappa shape index (κ1) is 22.4. The van der Waals surface area contributed by atoms with Gasteiger partial charge in [-0.25, -0.2) is 4.98 Å². The van der Waals surface area contributed by atoms with Crippen LogP contribution in [0.15, 0.2) is 69.9 Å². The van der Waals surface area contributed by atoms with E-state index >= 15 is 0 Å². The smallest absolute Gasteiger partial charge is 0.279 e. The summed E-state index contributed by atoms with van der Waals surface area (Å²) in [5.41, 5.74) is 1.23. The molecular weight excluding hydrogens is 474 g/mol. The fourth-order valence-electron chi connectivity index (χ4n) is 3.26. The van der Waals surface area contributed by atoms with Crippen LogP contribution in [0.1, 0.15) is 12.0 Å². The van der Waals surface area contributed by atoms with Crippen molar-refractivity contribution in [3.05, 3.63) is 65.7 Å². The monoisotopic (exact) mass is 493 g/mol. The second-order valence-corrected chi connectivity index (χ2v) is 11.8. The molecule has 4 rings (SSSR count). The molecule has 1 aromatic heterocycles. The fraction of sp³-hybridized carbons (Fsp3) is 0.200. The predicted molar refractivity (Wildman–Crippen MR) is 120 cm³/mol. The van der Waals surface area contributed by atoms with Crippen LogP contribution in [0, 0.1) is 6.92 Å². The lowest BCUT2D eigenvalue weighted by Gasteiger charge is -2.22. The van der Waals surface area contributed by atoms with Crippen LogP contribution in [0.2, 0.25) is 0 Å². The van der Waals surface area contributed by atoms with E-state index in [0.29, 0.717) is 15.9 Å². The quantitative estimate of drug-likeness (QED) is 0.558. The number of hydrogen-bond donors (Lipinski definition) is 1. The van der Waals surface area contributed by atoms with Gasteiger partial charge in [0.25, 0.3) is 26.0 Å². The first-order valence-electron chi connectivity index (χ1n) is 9.48. The maximum Gasteiger partial charge on any atom is 0.279 e. The topological polar surface area (TPSA) is 125 Å². The molecule has 3 aromatic rings. The maximum absolute atomic E-state index is 13.5. The van der Waals surface area contributed by atoms with Crippen molar-refractivity contribution >= 4 is 48.1 Å². The van der Waals surface area contributed by atoms with Crippen molar-refractivity contribution in [1.82, 2.24) is 4.98 Å². The Morgan fingerprint density at radius 1 is 1.00 bits per heavy atom. The molecule has 0 unspecified atom stereocenters. The highest BCUT2D eigenvalue weighted by Crippen LogP contribution is 2.33. The fourth-order valence-corrected chi connectivity index (χ4v) is 7.96. The van der Waals surface area contributed by atoms with Gasteiger partial charge >= 0.3 is 0 Å². The molecule has 0 saturated carbocycles. The number of thiazole rings is 1. The van der Waals surface area contributed by atoms with Crippen molar-refractivity contribution in [3.8, 4) is 0 Å². The summed E-state index contributed by atoms with van der Waals surface area (Å²) in [7, 11) is -9.06. The molecule has 1 saturated heterocycles. The van der Waals surface area contributed by atoms with Gasteiger partial charge < -0.3 is 10.0 Å². The summed E-state index contributed by atoms with van der Waals surface area (Å²) in [6.45, 7) is 2.09. The normalized spacial score (nSPS) is 17.0. The highest BCUT2D eigenvalue weighted by Gasteiger charge is 2.39. The van der Waals surface area contributed by atoms with Crippen LogP contribution in [0.3, 0.4) is 0 Å². The van der Waals surface area contributed by atoms with E-state index in [4.69, 9.17) is 0 Å². The van der Waals surface area contributed by atoms with Gasteiger partial charge in [-0.15, -0.1) is 15.0 Å². The summed E-state index contributed by atoms with van der Waals surface area (Å²) < 4.78 is 53.9. The number of hydrogen-bond acceptors (Lipinski definition) is 8. The molecule has 0 spiro atoms. The van der Waals surface area contributed by atoms with Crippen LogP contribution < -0.4 is 8.61 Å². The van der Waals surface area contributed by atoms with Gasteiger partial charge in [-0.3, -0.25) is 4.79 Å². The number of sulfonamides is 2. The third kappa shape index (κ3) is 3.90. The first-order chi connectivity index (χ1) is 15.1. The Kier molecular flexibility index (Phi) is 5.79. The number of aryl methyl sites for hydroxylation is 1. The number of carbonyl (C=O) groups excluding carboxylic acids is 1. The number of nitrogens with zero attached hydrogens (tertiary/aromatic N) is 3. The number of benzene rings is 2. The van der Waals surface area contributed by atoms with Crippen LogP contribution in [-0.2, 0) is 24.8 Å². The molecule has 32 heavy (non-hydrogen) atoms. The van der Waals surface area contributed by atoms with Crippen LogP contribution in [0.25, 0.3) is 0 Å². The molecule has 168 valence electrons. The molecule has 9 nitrogen and oxygen atoms in total. The average Bonchev–Trinajstić information content (AvgIpc) is 3.39. The number of carbonyl (C=O) groups is 1. The molecule has 1 N–H and O–H groups in total. The molecule has 1 fully saturated rings. The lowest BCUT2D eigenvalue weighted by molar-refractivity contribution is -0.123. The summed E-state index contributed by atoms with van der Waals surface area (Å²) in [6, 6.07) is 11.1. The van der Waals surface area contributed by atoms with Crippen LogP contribution in [-0.4, -0.2) is 45.5 Å². The minimum absolute atomic E-state index is 0.185. The van der Waals surface area contributed by atoms with E-state index < -0.39 is 32.1 Å². The number of anilines is 2.